The molecule has 0 aromatic carbocycles. The number of hydrogen-bond donors (Lipinski definition) is 1. The predicted octanol–water partition coefficient (Wildman–Crippen LogP) is 2.45. The van der Waals surface area contributed by atoms with E-state index in [9.17, 15) is 4.79 Å². The van der Waals surface area contributed by atoms with Crippen molar-refractivity contribution in [1.82, 2.24) is 9.97 Å². The van der Waals surface area contributed by atoms with E-state index in [1.807, 2.05) is 39.0 Å². The van der Waals surface area contributed by atoms with Gasteiger partial charge in [0.25, 0.3) is 5.91 Å². The number of carbonyl (C=O) groups excluding carboxylic acids is 1. The summed E-state index contributed by atoms with van der Waals surface area (Å²) in [5.74, 6) is -0.306. The summed E-state index contributed by atoms with van der Waals surface area (Å²) in [5.41, 5.74) is 7.10. The lowest BCUT2D eigenvalue weighted by Gasteiger charge is -2.19. The molecule has 110 valence electrons. The van der Waals surface area contributed by atoms with E-state index < -0.39 is 5.91 Å². The molecule has 2 N–H and O–H groups in total. The van der Waals surface area contributed by atoms with E-state index in [-0.39, 0.29) is 23.5 Å². The Hall–Kier alpha value is -2.43. The third-order valence-electron chi connectivity index (χ3n) is 2.98. The minimum Gasteiger partial charge on any atom is -0.471 e. The summed E-state index contributed by atoms with van der Waals surface area (Å²) in [6.07, 6.45) is 1.69. The molecule has 2 rings (SSSR count). The molecule has 0 spiro atoms. The smallest absolute Gasteiger partial charge is 0.254 e. The first kappa shape index (κ1) is 15.0. The fourth-order valence-electron chi connectivity index (χ4n) is 1.78. The summed E-state index contributed by atoms with van der Waals surface area (Å²) in [5, 5.41) is 0. The van der Waals surface area contributed by atoms with Gasteiger partial charge in [-0.1, -0.05) is 26.8 Å². The summed E-state index contributed by atoms with van der Waals surface area (Å²) < 4.78 is 5.65. The van der Waals surface area contributed by atoms with E-state index >= 15 is 0 Å². The standard InChI is InChI=1S/C16H19N3O2/c1-16(2,3)13-8-7-12(14(17)20)15(19-13)21-10-11-6-4-5-9-18-11/h4-9H,10H2,1-3H3,(H2,17,20). The molecule has 0 unspecified atom stereocenters. The molecule has 0 aliphatic carbocycles. The van der Waals surface area contributed by atoms with Gasteiger partial charge in [-0.3, -0.25) is 9.78 Å². The molecule has 2 heterocycles. The molecule has 1 amide bonds. The molecule has 0 aliphatic rings. The molecule has 0 fully saturated rings. The zero-order valence-corrected chi connectivity index (χ0v) is 12.5. The van der Waals surface area contributed by atoms with Crippen LogP contribution in [-0.2, 0) is 12.0 Å². The van der Waals surface area contributed by atoms with Gasteiger partial charge < -0.3 is 10.5 Å². The predicted molar refractivity (Wildman–Crippen MR) is 80.0 cm³/mol. The van der Waals surface area contributed by atoms with Gasteiger partial charge in [-0.25, -0.2) is 4.98 Å². The number of aromatic nitrogens is 2. The zero-order chi connectivity index (χ0) is 15.5. The van der Waals surface area contributed by atoms with Crippen LogP contribution in [0.2, 0.25) is 0 Å². The van der Waals surface area contributed by atoms with Crippen molar-refractivity contribution in [3.8, 4) is 5.88 Å². The van der Waals surface area contributed by atoms with E-state index in [4.69, 9.17) is 10.5 Å². The SMILES string of the molecule is CC(C)(C)c1ccc(C(N)=O)c(OCc2ccccn2)n1. The first-order chi connectivity index (χ1) is 9.88. The minimum absolute atomic E-state index is 0.140. The highest BCUT2D eigenvalue weighted by atomic mass is 16.5. The van der Waals surface area contributed by atoms with Crippen LogP contribution < -0.4 is 10.5 Å². The Labute approximate surface area is 124 Å². The highest BCUT2D eigenvalue weighted by Crippen LogP contribution is 2.25. The van der Waals surface area contributed by atoms with Crippen LogP contribution in [0.4, 0.5) is 0 Å². The second-order valence-electron chi connectivity index (χ2n) is 5.77. The minimum atomic E-state index is -0.556. The van der Waals surface area contributed by atoms with Crippen LogP contribution in [0.5, 0.6) is 5.88 Å². The van der Waals surface area contributed by atoms with Gasteiger partial charge in [-0.2, -0.15) is 0 Å². The van der Waals surface area contributed by atoms with Gasteiger partial charge in [0.1, 0.15) is 12.2 Å². The van der Waals surface area contributed by atoms with Gasteiger partial charge >= 0.3 is 0 Å². The third-order valence-corrected chi connectivity index (χ3v) is 2.98. The number of hydrogen-bond acceptors (Lipinski definition) is 4. The van der Waals surface area contributed by atoms with Gasteiger partial charge in [0.05, 0.1) is 5.69 Å². The largest absolute Gasteiger partial charge is 0.471 e. The van der Waals surface area contributed by atoms with E-state index in [1.165, 1.54) is 0 Å². The quantitative estimate of drug-likeness (QED) is 0.936. The lowest BCUT2D eigenvalue weighted by Crippen LogP contribution is -2.18. The van der Waals surface area contributed by atoms with Crippen molar-refractivity contribution in [2.24, 2.45) is 5.73 Å². The lowest BCUT2D eigenvalue weighted by molar-refractivity contribution is 0.0994. The van der Waals surface area contributed by atoms with Crippen molar-refractivity contribution in [1.29, 1.82) is 0 Å². The van der Waals surface area contributed by atoms with Crippen molar-refractivity contribution in [3.05, 3.63) is 53.5 Å². The van der Waals surface area contributed by atoms with E-state index in [0.29, 0.717) is 0 Å². The fraction of sp³-hybridized carbons (Fsp3) is 0.312. The van der Waals surface area contributed by atoms with Crippen LogP contribution in [0.3, 0.4) is 0 Å². The summed E-state index contributed by atoms with van der Waals surface area (Å²) in [6.45, 7) is 6.37. The molecule has 0 saturated carbocycles. The molecule has 2 aromatic heterocycles. The molecular weight excluding hydrogens is 266 g/mol. The molecule has 0 saturated heterocycles. The normalized spacial score (nSPS) is 11.2. The zero-order valence-electron chi connectivity index (χ0n) is 12.5. The first-order valence-electron chi connectivity index (χ1n) is 6.72. The highest BCUT2D eigenvalue weighted by Gasteiger charge is 2.20. The van der Waals surface area contributed by atoms with Crippen LogP contribution in [0.25, 0.3) is 0 Å². The van der Waals surface area contributed by atoms with Crippen molar-refractivity contribution in [3.63, 3.8) is 0 Å². The topological polar surface area (TPSA) is 78.1 Å². The third kappa shape index (κ3) is 3.78. The molecule has 0 radical (unpaired) electrons. The Morgan fingerprint density at radius 3 is 2.57 bits per heavy atom. The number of pyridine rings is 2. The summed E-state index contributed by atoms with van der Waals surface area (Å²) in [4.78, 5) is 20.1. The van der Waals surface area contributed by atoms with E-state index in [2.05, 4.69) is 9.97 Å². The number of carbonyl (C=O) groups is 1. The first-order valence-corrected chi connectivity index (χ1v) is 6.72. The van der Waals surface area contributed by atoms with Gasteiger partial charge in [-0.15, -0.1) is 0 Å². The van der Waals surface area contributed by atoms with E-state index in [0.717, 1.165) is 11.4 Å². The molecule has 2 aromatic rings. The molecule has 5 nitrogen and oxygen atoms in total. The molecule has 21 heavy (non-hydrogen) atoms. The van der Waals surface area contributed by atoms with Crippen molar-refractivity contribution >= 4 is 5.91 Å². The van der Waals surface area contributed by atoms with Gasteiger partial charge in [0, 0.05) is 17.3 Å². The van der Waals surface area contributed by atoms with Crippen LogP contribution in [0.1, 0.15) is 42.5 Å². The van der Waals surface area contributed by atoms with Crippen LogP contribution in [0, 0.1) is 0 Å². The van der Waals surface area contributed by atoms with Crippen LogP contribution in [0.15, 0.2) is 36.5 Å². The van der Waals surface area contributed by atoms with Crippen molar-refractivity contribution < 1.29 is 9.53 Å². The summed E-state index contributed by atoms with van der Waals surface area (Å²) in [6, 6.07) is 9.01. The second-order valence-corrected chi connectivity index (χ2v) is 5.77. The maximum atomic E-state index is 11.5. The second kappa shape index (κ2) is 5.91. The monoisotopic (exact) mass is 285 g/mol. The van der Waals surface area contributed by atoms with Crippen LogP contribution >= 0.6 is 0 Å². The Bertz CT molecular complexity index is 634. The molecule has 0 atom stereocenters. The highest BCUT2D eigenvalue weighted by molar-refractivity contribution is 5.95. The average molecular weight is 285 g/mol. The Morgan fingerprint density at radius 2 is 2.00 bits per heavy atom. The molecule has 5 heteroatoms. The number of nitrogens with zero attached hydrogens (tertiary/aromatic N) is 2. The Morgan fingerprint density at radius 1 is 1.24 bits per heavy atom. The molecule has 0 bridgehead atoms. The summed E-state index contributed by atoms with van der Waals surface area (Å²) >= 11 is 0. The number of nitrogens with two attached hydrogens (primary N) is 1. The fourth-order valence-corrected chi connectivity index (χ4v) is 1.78. The molecular formula is C16H19N3O2. The van der Waals surface area contributed by atoms with Gasteiger partial charge in [0.15, 0.2) is 0 Å². The number of rotatable bonds is 4. The van der Waals surface area contributed by atoms with Crippen molar-refractivity contribution in [2.75, 3.05) is 0 Å². The van der Waals surface area contributed by atoms with Crippen molar-refractivity contribution in [2.45, 2.75) is 32.8 Å². The van der Waals surface area contributed by atoms with Gasteiger partial charge in [0.2, 0.25) is 5.88 Å². The maximum absolute atomic E-state index is 11.5. The summed E-state index contributed by atoms with van der Waals surface area (Å²) in [7, 11) is 0. The molecule has 0 aliphatic heterocycles. The number of primary amides is 1. The number of amides is 1. The Balaban J connectivity index is 2.29. The Kier molecular flexibility index (Phi) is 4.21. The number of ether oxygens (including phenoxy) is 1. The van der Waals surface area contributed by atoms with Crippen LogP contribution in [-0.4, -0.2) is 15.9 Å². The maximum Gasteiger partial charge on any atom is 0.254 e. The van der Waals surface area contributed by atoms with E-state index in [1.54, 1.807) is 18.3 Å². The lowest BCUT2D eigenvalue weighted by atomic mass is 9.91. The average Bonchev–Trinajstić information content (AvgIpc) is 2.45. The van der Waals surface area contributed by atoms with Gasteiger partial charge in [-0.05, 0) is 24.3 Å².